The van der Waals surface area contributed by atoms with E-state index in [1.807, 2.05) is 26.2 Å². The van der Waals surface area contributed by atoms with Crippen molar-refractivity contribution in [3.63, 3.8) is 0 Å². The van der Waals surface area contributed by atoms with Crippen molar-refractivity contribution in [2.75, 3.05) is 5.32 Å². The molecule has 0 saturated heterocycles. The third-order valence-corrected chi connectivity index (χ3v) is 2.98. The van der Waals surface area contributed by atoms with E-state index in [1.54, 1.807) is 23.9 Å². The lowest BCUT2D eigenvalue weighted by molar-refractivity contribution is -0.385. The highest BCUT2D eigenvalue weighted by molar-refractivity contribution is 5.60. The maximum Gasteiger partial charge on any atom is 0.274 e. The summed E-state index contributed by atoms with van der Waals surface area (Å²) >= 11 is 0. The number of nitro groups is 1. The lowest BCUT2D eigenvalue weighted by Gasteiger charge is -2.09. The van der Waals surface area contributed by atoms with E-state index in [0.29, 0.717) is 12.1 Å². The fraction of sp³-hybridized carbons (Fsp3) is 0.308. The van der Waals surface area contributed by atoms with E-state index in [-0.39, 0.29) is 10.6 Å². The Morgan fingerprint density at radius 1 is 1.37 bits per heavy atom. The van der Waals surface area contributed by atoms with Gasteiger partial charge in [-0.2, -0.15) is 5.10 Å². The molecule has 6 nitrogen and oxygen atoms in total. The Labute approximate surface area is 111 Å². The smallest absolute Gasteiger partial charge is 0.274 e. The number of benzene rings is 1. The first-order valence-corrected chi connectivity index (χ1v) is 5.94. The predicted molar refractivity (Wildman–Crippen MR) is 73.1 cm³/mol. The first-order chi connectivity index (χ1) is 8.97. The Kier molecular flexibility index (Phi) is 3.50. The molecular weight excluding hydrogens is 244 g/mol. The maximum absolute atomic E-state index is 10.9. The number of aryl methyl sites for hydroxylation is 3. The molecule has 6 heteroatoms. The van der Waals surface area contributed by atoms with Gasteiger partial charge in [-0.3, -0.25) is 14.8 Å². The molecule has 100 valence electrons. The van der Waals surface area contributed by atoms with Gasteiger partial charge in [0.15, 0.2) is 0 Å². The predicted octanol–water partition coefficient (Wildman–Crippen LogP) is 2.56. The van der Waals surface area contributed by atoms with Gasteiger partial charge in [0.25, 0.3) is 5.69 Å². The Morgan fingerprint density at radius 2 is 2.11 bits per heavy atom. The monoisotopic (exact) mass is 260 g/mol. The van der Waals surface area contributed by atoms with Crippen molar-refractivity contribution in [1.82, 2.24) is 9.78 Å². The van der Waals surface area contributed by atoms with Crippen molar-refractivity contribution >= 4 is 11.4 Å². The summed E-state index contributed by atoms with van der Waals surface area (Å²) in [7, 11) is 1.85. The Bertz CT molecular complexity index is 619. The molecule has 0 radical (unpaired) electrons. The molecular formula is C13H16N4O2. The molecule has 0 saturated carbocycles. The van der Waals surface area contributed by atoms with Crippen molar-refractivity contribution in [3.05, 3.63) is 51.3 Å². The summed E-state index contributed by atoms with van der Waals surface area (Å²) < 4.78 is 1.72. The van der Waals surface area contributed by atoms with E-state index in [1.165, 1.54) is 0 Å². The van der Waals surface area contributed by atoms with Crippen LogP contribution in [0, 0.1) is 24.0 Å². The first kappa shape index (κ1) is 13.1. The van der Waals surface area contributed by atoms with Crippen LogP contribution in [0.4, 0.5) is 11.4 Å². The lowest BCUT2D eigenvalue weighted by Crippen LogP contribution is -2.02. The van der Waals surface area contributed by atoms with Gasteiger partial charge >= 0.3 is 0 Å². The first-order valence-electron chi connectivity index (χ1n) is 5.94. The van der Waals surface area contributed by atoms with Crippen LogP contribution in [-0.4, -0.2) is 14.7 Å². The highest BCUT2D eigenvalue weighted by Gasteiger charge is 2.13. The molecule has 2 rings (SSSR count). The minimum atomic E-state index is -0.357. The summed E-state index contributed by atoms with van der Waals surface area (Å²) in [5, 5.41) is 18.2. The maximum atomic E-state index is 10.9. The highest BCUT2D eigenvalue weighted by Crippen LogP contribution is 2.26. The summed E-state index contributed by atoms with van der Waals surface area (Å²) in [4.78, 5) is 10.6. The molecule has 0 aliphatic carbocycles. The van der Waals surface area contributed by atoms with E-state index in [2.05, 4.69) is 10.4 Å². The molecule has 0 aliphatic rings. The zero-order valence-corrected chi connectivity index (χ0v) is 11.2. The van der Waals surface area contributed by atoms with Gasteiger partial charge in [-0.25, -0.2) is 0 Å². The summed E-state index contributed by atoms with van der Waals surface area (Å²) in [6.45, 7) is 4.27. The van der Waals surface area contributed by atoms with Gasteiger partial charge in [-0.1, -0.05) is 0 Å². The minimum absolute atomic E-state index is 0.138. The SMILES string of the molecule is Cc1cc(C)c([N+](=O)[O-])cc1NCc1cnn(C)c1. The van der Waals surface area contributed by atoms with Crippen molar-refractivity contribution < 1.29 is 4.92 Å². The standard InChI is InChI=1S/C13H16N4O2/c1-9-4-10(2)13(17(18)19)5-12(9)14-6-11-7-15-16(3)8-11/h4-5,7-8,14H,6H2,1-3H3. The van der Waals surface area contributed by atoms with Crippen LogP contribution in [-0.2, 0) is 13.6 Å². The van der Waals surface area contributed by atoms with Gasteiger partial charge < -0.3 is 5.32 Å². The number of nitro benzene ring substituents is 1. The number of rotatable bonds is 4. The second-order valence-electron chi connectivity index (χ2n) is 4.59. The number of aromatic nitrogens is 2. The number of hydrogen-bond acceptors (Lipinski definition) is 4. The molecule has 0 atom stereocenters. The van der Waals surface area contributed by atoms with E-state index in [9.17, 15) is 10.1 Å². The minimum Gasteiger partial charge on any atom is -0.380 e. The molecule has 0 amide bonds. The van der Waals surface area contributed by atoms with Crippen LogP contribution in [0.25, 0.3) is 0 Å². The zero-order valence-electron chi connectivity index (χ0n) is 11.2. The Hall–Kier alpha value is -2.37. The highest BCUT2D eigenvalue weighted by atomic mass is 16.6. The van der Waals surface area contributed by atoms with Crippen LogP contribution < -0.4 is 5.32 Å². The van der Waals surface area contributed by atoms with Gasteiger partial charge in [0.1, 0.15) is 0 Å². The average Bonchev–Trinajstić information content (AvgIpc) is 2.73. The molecule has 1 aromatic heterocycles. The average molecular weight is 260 g/mol. The Balaban J connectivity index is 2.20. The van der Waals surface area contributed by atoms with E-state index >= 15 is 0 Å². The number of nitrogens with zero attached hydrogens (tertiary/aromatic N) is 3. The van der Waals surface area contributed by atoms with Crippen molar-refractivity contribution in [2.24, 2.45) is 7.05 Å². The molecule has 1 aromatic carbocycles. The molecule has 0 unspecified atom stereocenters. The second-order valence-corrected chi connectivity index (χ2v) is 4.59. The Morgan fingerprint density at radius 3 is 2.68 bits per heavy atom. The number of nitrogens with one attached hydrogen (secondary N) is 1. The second kappa shape index (κ2) is 5.09. The van der Waals surface area contributed by atoms with E-state index in [4.69, 9.17) is 0 Å². The summed E-state index contributed by atoms with van der Waals surface area (Å²) in [6.07, 6.45) is 3.68. The quantitative estimate of drug-likeness (QED) is 0.677. The molecule has 1 N–H and O–H groups in total. The van der Waals surface area contributed by atoms with Crippen LogP contribution in [0.15, 0.2) is 24.5 Å². The summed E-state index contributed by atoms with van der Waals surface area (Å²) in [6, 6.07) is 3.41. The third-order valence-electron chi connectivity index (χ3n) is 2.98. The molecule has 1 heterocycles. The van der Waals surface area contributed by atoms with Gasteiger partial charge in [-0.05, 0) is 25.5 Å². The van der Waals surface area contributed by atoms with Crippen LogP contribution in [0.1, 0.15) is 16.7 Å². The topological polar surface area (TPSA) is 73.0 Å². The molecule has 0 aliphatic heterocycles. The fourth-order valence-corrected chi connectivity index (χ4v) is 1.99. The van der Waals surface area contributed by atoms with Gasteiger partial charge in [0.2, 0.25) is 0 Å². The lowest BCUT2D eigenvalue weighted by atomic mass is 10.1. The van der Waals surface area contributed by atoms with Crippen molar-refractivity contribution in [3.8, 4) is 0 Å². The van der Waals surface area contributed by atoms with Gasteiger partial charge in [0.05, 0.1) is 11.1 Å². The molecule has 0 spiro atoms. The zero-order chi connectivity index (χ0) is 14.0. The molecule has 2 aromatic rings. The van der Waals surface area contributed by atoms with Crippen LogP contribution in [0.3, 0.4) is 0 Å². The summed E-state index contributed by atoms with van der Waals surface area (Å²) in [5.74, 6) is 0. The molecule has 0 fully saturated rings. The van der Waals surface area contributed by atoms with Crippen LogP contribution >= 0.6 is 0 Å². The van der Waals surface area contributed by atoms with Crippen LogP contribution in [0.5, 0.6) is 0 Å². The van der Waals surface area contributed by atoms with E-state index in [0.717, 1.165) is 16.8 Å². The molecule has 19 heavy (non-hydrogen) atoms. The van der Waals surface area contributed by atoms with Crippen molar-refractivity contribution in [2.45, 2.75) is 20.4 Å². The fourth-order valence-electron chi connectivity index (χ4n) is 1.99. The largest absolute Gasteiger partial charge is 0.380 e. The normalized spacial score (nSPS) is 10.5. The molecule has 0 bridgehead atoms. The van der Waals surface area contributed by atoms with Gasteiger partial charge in [0, 0.05) is 42.7 Å². The van der Waals surface area contributed by atoms with E-state index < -0.39 is 0 Å². The van der Waals surface area contributed by atoms with Gasteiger partial charge in [-0.15, -0.1) is 0 Å². The third kappa shape index (κ3) is 2.90. The number of hydrogen-bond donors (Lipinski definition) is 1. The number of anilines is 1. The summed E-state index contributed by atoms with van der Waals surface area (Å²) in [5.41, 5.74) is 3.62. The van der Waals surface area contributed by atoms with Crippen molar-refractivity contribution in [1.29, 1.82) is 0 Å². The van der Waals surface area contributed by atoms with Crippen LogP contribution in [0.2, 0.25) is 0 Å².